The molecule has 1 unspecified atom stereocenters. The summed E-state index contributed by atoms with van der Waals surface area (Å²) in [5, 5.41) is 0. The molecule has 1 fully saturated rings. The molecular weight excluding hydrogens is 216 g/mol. The number of nitrogens with zero attached hydrogens (tertiary/aromatic N) is 3. The molecule has 2 heterocycles. The molecule has 0 amide bonds. The van der Waals surface area contributed by atoms with E-state index in [9.17, 15) is 4.79 Å². The second kappa shape index (κ2) is 5.42. The molecule has 0 aliphatic carbocycles. The van der Waals surface area contributed by atoms with Gasteiger partial charge in [0.2, 0.25) is 0 Å². The van der Waals surface area contributed by atoms with Gasteiger partial charge >= 0.3 is 0 Å². The first-order chi connectivity index (χ1) is 8.20. The number of piperidine rings is 1. The topological polar surface area (TPSA) is 64.2 Å². The Kier molecular flexibility index (Phi) is 3.91. The minimum atomic E-state index is -0.208. The van der Waals surface area contributed by atoms with Crippen molar-refractivity contribution < 1.29 is 0 Å². The molecule has 0 radical (unpaired) electrons. The van der Waals surface area contributed by atoms with E-state index in [1.165, 1.54) is 19.3 Å². The fourth-order valence-electron chi connectivity index (χ4n) is 2.36. The first-order valence-corrected chi connectivity index (χ1v) is 6.16. The van der Waals surface area contributed by atoms with Gasteiger partial charge in [-0.05, 0) is 26.4 Å². The third-order valence-electron chi connectivity index (χ3n) is 3.48. The van der Waals surface area contributed by atoms with Crippen molar-refractivity contribution in [2.75, 3.05) is 13.6 Å². The third-order valence-corrected chi connectivity index (χ3v) is 3.48. The zero-order chi connectivity index (χ0) is 12.3. The predicted molar refractivity (Wildman–Crippen MR) is 66.7 cm³/mol. The van der Waals surface area contributed by atoms with Gasteiger partial charge in [-0.3, -0.25) is 4.79 Å². The lowest BCUT2D eigenvalue weighted by molar-refractivity contribution is 0.167. The van der Waals surface area contributed by atoms with Crippen molar-refractivity contribution in [3.8, 4) is 0 Å². The maximum absolute atomic E-state index is 11.3. The summed E-state index contributed by atoms with van der Waals surface area (Å²) >= 11 is 0. The van der Waals surface area contributed by atoms with Gasteiger partial charge < -0.3 is 15.2 Å². The summed E-state index contributed by atoms with van der Waals surface area (Å²) < 4.78 is 1.98. The van der Waals surface area contributed by atoms with E-state index in [-0.39, 0.29) is 12.1 Å². The number of likely N-dealkylation sites (tertiary alicyclic amines) is 1. The van der Waals surface area contributed by atoms with Crippen LogP contribution in [0.4, 0.5) is 0 Å². The van der Waals surface area contributed by atoms with Gasteiger partial charge in [-0.1, -0.05) is 6.42 Å². The number of hydrogen-bond acceptors (Lipinski definition) is 4. The average molecular weight is 236 g/mol. The van der Waals surface area contributed by atoms with Crippen molar-refractivity contribution in [1.82, 2.24) is 14.5 Å². The highest BCUT2D eigenvalue weighted by Gasteiger charge is 2.18. The van der Waals surface area contributed by atoms with E-state index < -0.39 is 0 Å². The van der Waals surface area contributed by atoms with Crippen LogP contribution in [0, 0.1) is 0 Å². The number of likely N-dealkylation sites (N-methyl/N-ethyl adjacent to an activating group) is 1. The van der Waals surface area contributed by atoms with Crippen molar-refractivity contribution in [2.24, 2.45) is 5.73 Å². The molecule has 1 aromatic heterocycles. The Labute approximate surface area is 101 Å². The zero-order valence-corrected chi connectivity index (χ0v) is 10.3. The summed E-state index contributed by atoms with van der Waals surface area (Å²) in [6.07, 6.45) is 7.22. The van der Waals surface area contributed by atoms with Crippen molar-refractivity contribution in [3.63, 3.8) is 0 Å². The Balaban J connectivity index is 2.10. The number of aromatic nitrogens is 2. The quantitative estimate of drug-likeness (QED) is 0.813. The Morgan fingerprint density at radius 2 is 2.35 bits per heavy atom. The fourth-order valence-corrected chi connectivity index (χ4v) is 2.36. The van der Waals surface area contributed by atoms with E-state index in [0.29, 0.717) is 11.6 Å². The van der Waals surface area contributed by atoms with Crippen molar-refractivity contribution in [2.45, 2.75) is 38.4 Å². The smallest absolute Gasteiger partial charge is 0.277 e. The molecule has 0 saturated carbocycles. The molecular formula is C12H20N4O. The van der Waals surface area contributed by atoms with Crippen LogP contribution in [0.15, 0.2) is 17.3 Å². The highest BCUT2D eigenvalue weighted by Crippen LogP contribution is 2.16. The first-order valence-electron chi connectivity index (χ1n) is 6.16. The molecule has 1 aliphatic heterocycles. The van der Waals surface area contributed by atoms with Crippen molar-refractivity contribution in [3.05, 3.63) is 28.4 Å². The van der Waals surface area contributed by atoms with E-state index in [4.69, 9.17) is 5.73 Å². The summed E-state index contributed by atoms with van der Waals surface area (Å²) in [6, 6.07) is 0.540. The van der Waals surface area contributed by atoms with Crippen LogP contribution in [0.2, 0.25) is 0 Å². The van der Waals surface area contributed by atoms with Crippen LogP contribution in [-0.2, 0) is 13.1 Å². The number of nitrogens with two attached hydrogens (primary N) is 1. The van der Waals surface area contributed by atoms with Crippen molar-refractivity contribution in [1.29, 1.82) is 0 Å². The summed E-state index contributed by atoms with van der Waals surface area (Å²) in [5.41, 5.74) is 5.90. The van der Waals surface area contributed by atoms with Crippen LogP contribution in [0.1, 0.15) is 24.8 Å². The Bertz CT molecular complexity index is 429. The Morgan fingerprint density at radius 3 is 3.06 bits per heavy atom. The van der Waals surface area contributed by atoms with E-state index in [1.54, 1.807) is 6.33 Å². The highest BCUT2D eigenvalue weighted by molar-refractivity contribution is 5.03. The van der Waals surface area contributed by atoms with Crippen LogP contribution in [0.25, 0.3) is 0 Å². The number of hydrogen-bond donors (Lipinski definition) is 1. The zero-order valence-electron chi connectivity index (χ0n) is 10.3. The SMILES string of the molecule is CN1CCCCC1Cn1cnc(=O)c(CN)c1. The Hall–Kier alpha value is -1.20. The van der Waals surface area contributed by atoms with E-state index >= 15 is 0 Å². The molecule has 5 nitrogen and oxygen atoms in total. The summed E-state index contributed by atoms with van der Waals surface area (Å²) in [4.78, 5) is 17.6. The summed E-state index contributed by atoms with van der Waals surface area (Å²) in [5.74, 6) is 0. The van der Waals surface area contributed by atoms with Gasteiger partial charge in [-0.25, -0.2) is 0 Å². The largest absolute Gasteiger partial charge is 0.337 e. The van der Waals surface area contributed by atoms with Crippen LogP contribution >= 0.6 is 0 Å². The van der Waals surface area contributed by atoms with Crippen LogP contribution in [0.3, 0.4) is 0 Å². The van der Waals surface area contributed by atoms with E-state index in [0.717, 1.165) is 13.1 Å². The first kappa shape index (κ1) is 12.3. The molecule has 94 valence electrons. The second-order valence-electron chi connectivity index (χ2n) is 4.74. The van der Waals surface area contributed by atoms with E-state index in [2.05, 4.69) is 16.9 Å². The summed E-state index contributed by atoms with van der Waals surface area (Å²) in [6.45, 7) is 2.30. The maximum Gasteiger partial charge on any atom is 0.277 e. The molecule has 0 spiro atoms. The highest BCUT2D eigenvalue weighted by atomic mass is 16.1. The monoisotopic (exact) mass is 236 g/mol. The molecule has 1 atom stereocenters. The standard InChI is InChI=1S/C12H20N4O/c1-15-5-3-2-4-11(15)8-16-7-10(6-13)12(17)14-9-16/h7,9,11H,2-6,8,13H2,1H3. The predicted octanol–water partition coefficient (Wildman–Crippen LogP) is 0.186. The molecule has 5 heteroatoms. The third kappa shape index (κ3) is 2.92. The fraction of sp³-hybridized carbons (Fsp3) is 0.667. The van der Waals surface area contributed by atoms with Gasteiger partial charge in [0.15, 0.2) is 0 Å². The lowest BCUT2D eigenvalue weighted by Gasteiger charge is -2.32. The maximum atomic E-state index is 11.3. The minimum absolute atomic E-state index is 0.208. The van der Waals surface area contributed by atoms with E-state index in [1.807, 2.05) is 10.8 Å². The average Bonchev–Trinajstić information content (AvgIpc) is 2.34. The molecule has 17 heavy (non-hydrogen) atoms. The lowest BCUT2D eigenvalue weighted by Crippen LogP contribution is -2.39. The van der Waals surface area contributed by atoms with Gasteiger partial charge in [0.05, 0.1) is 6.33 Å². The van der Waals surface area contributed by atoms with Gasteiger partial charge in [-0.2, -0.15) is 4.98 Å². The van der Waals surface area contributed by atoms with Crippen molar-refractivity contribution >= 4 is 0 Å². The van der Waals surface area contributed by atoms with Gasteiger partial charge in [0, 0.05) is 30.9 Å². The molecule has 2 rings (SSSR count). The van der Waals surface area contributed by atoms with Crippen LogP contribution < -0.4 is 11.3 Å². The molecule has 1 saturated heterocycles. The van der Waals surface area contributed by atoms with Gasteiger partial charge in [0.1, 0.15) is 0 Å². The molecule has 1 aliphatic rings. The second-order valence-corrected chi connectivity index (χ2v) is 4.74. The van der Waals surface area contributed by atoms with Gasteiger partial charge in [-0.15, -0.1) is 0 Å². The molecule has 0 aromatic carbocycles. The molecule has 2 N–H and O–H groups in total. The normalized spacial score (nSPS) is 21.6. The van der Waals surface area contributed by atoms with Gasteiger partial charge in [0.25, 0.3) is 5.56 Å². The number of rotatable bonds is 3. The minimum Gasteiger partial charge on any atom is -0.337 e. The lowest BCUT2D eigenvalue weighted by atomic mass is 10.0. The van der Waals surface area contributed by atoms with Crippen LogP contribution in [0.5, 0.6) is 0 Å². The summed E-state index contributed by atoms with van der Waals surface area (Å²) in [7, 11) is 2.16. The Morgan fingerprint density at radius 1 is 1.53 bits per heavy atom. The molecule has 1 aromatic rings. The molecule has 0 bridgehead atoms. The van der Waals surface area contributed by atoms with Crippen LogP contribution in [-0.4, -0.2) is 34.1 Å².